The first-order valence-electron chi connectivity index (χ1n) is 12.0. The molecule has 10 heteroatoms. The van der Waals surface area contributed by atoms with Gasteiger partial charge in [-0.25, -0.2) is 9.97 Å². The summed E-state index contributed by atoms with van der Waals surface area (Å²) >= 11 is 0. The molecule has 0 saturated heterocycles. The molecule has 1 atom stereocenters. The SMILES string of the molecule is C=CC(=O)Nc1cc(Nc2nccc(C3=NC(C)c4cccc[n+]43)n2)c(OC)cc1N(C)CCN(C)C. The van der Waals surface area contributed by atoms with Crippen molar-refractivity contribution in [2.24, 2.45) is 4.99 Å². The van der Waals surface area contributed by atoms with Gasteiger partial charge in [0.2, 0.25) is 11.9 Å². The van der Waals surface area contributed by atoms with E-state index in [0.29, 0.717) is 28.8 Å². The summed E-state index contributed by atoms with van der Waals surface area (Å²) in [5.41, 5.74) is 3.83. The van der Waals surface area contributed by atoms with Gasteiger partial charge >= 0.3 is 5.84 Å². The number of benzene rings is 1. The summed E-state index contributed by atoms with van der Waals surface area (Å²) in [7, 11) is 7.61. The lowest BCUT2D eigenvalue weighted by Gasteiger charge is -2.25. The van der Waals surface area contributed by atoms with Gasteiger partial charge < -0.3 is 25.2 Å². The maximum atomic E-state index is 12.2. The zero-order valence-electron chi connectivity index (χ0n) is 21.9. The van der Waals surface area contributed by atoms with Gasteiger partial charge in [-0.2, -0.15) is 4.57 Å². The van der Waals surface area contributed by atoms with Gasteiger partial charge in [0.05, 0.1) is 30.4 Å². The number of fused-ring (bicyclic) bond motifs is 1. The minimum absolute atomic E-state index is 0.0377. The van der Waals surface area contributed by atoms with Crippen LogP contribution in [0.3, 0.4) is 0 Å². The van der Waals surface area contributed by atoms with Crippen molar-refractivity contribution < 1.29 is 14.1 Å². The standard InChI is InChI=1S/C27H32N8O2/c1-7-25(36)30-20-16-21(24(37-6)17-23(20)34(5)15-14-33(3)4)32-27-28-12-11-19(31-27)26-29-18(2)22-10-8-9-13-35(22)26/h7-13,16-18H,1,14-15H2,2-6H3,(H-,28,30,31,32,36)/p+1. The summed E-state index contributed by atoms with van der Waals surface area (Å²) in [6, 6.07) is 11.6. The van der Waals surface area contributed by atoms with Crippen LogP contribution in [0, 0.1) is 0 Å². The summed E-state index contributed by atoms with van der Waals surface area (Å²) in [4.78, 5) is 30.3. The number of aliphatic imine (C=N–C) groups is 1. The van der Waals surface area contributed by atoms with E-state index in [-0.39, 0.29) is 11.9 Å². The number of hydrogen-bond acceptors (Lipinski definition) is 8. The molecule has 0 aliphatic carbocycles. The number of carbonyl (C=O) groups is 1. The quantitative estimate of drug-likeness (QED) is 0.326. The molecule has 0 bridgehead atoms. The van der Waals surface area contributed by atoms with Crippen molar-refractivity contribution in [3.05, 3.63) is 72.8 Å². The second kappa shape index (κ2) is 11.2. The van der Waals surface area contributed by atoms with Crippen molar-refractivity contribution in [1.82, 2.24) is 14.9 Å². The summed E-state index contributed by atoms with van der Waals surface area (Å²) in [5.74, 6) is 1.42. The molecule has 0 radical (unpaired) electrons. The lowest BCUT2D eigenvalue weighted by Crippen LogP contribution is -2.43. The Labute approximate surface area is 217 Å². The van der Waals surface area contributed by atoms with E-state index in [4.69, 9.17) is 14.7 Å². The number of nitrogens with zero attached hydrogens (tertiary/aromatic N) is 6. The van der Waals surface area contributed by atoms with E-state index in [1.165, 1.54) is 6.08 Å². The van der Waals surface area contributed by atoms with Gasteiger partial charge in [-0.05, 0) is 51.4 Å². The maximum Gasteiger partial charge on any atom is 0.349 e. The Balaban J connectivity index is 1.68. The fourth-order valence-corrected chi connectivity index (χ4v) is 4.06. The van der Waals surface area contributed by atoms with Gasteiger partial charge in [0.25, 0.3) is 0 Å². The van der Waals surface area contributed by atoms with Gasteiger partial charge in [0, 0.05) is 32.4 Å². The Morgan fingerprint density at radius 2 is 2.00 bits per heavy atom. The van der Waals surface area contributed by atoms with Crippen LogP contribution in [-0.2, 0) is 4.79 Å². The van der Waals surface area contributed by atoms with E-state index < -0.39 is 0 Å². The molecule has 4 rings (SSSR count). The molecular formula is C27H33N8O2+. The zero-order valence-corrected chi connectivity index (χ0v) is 21.9. The number of pyridine rings is 1. The molecule has 0 fully saturated rings. The number of ether oxygens (including phenoxy) is 1. The second-order valence-corrected chi connectivity index (χ2v) is 9.00. The van der Waals surface area contributed by atoms with Gasteiger partial charge in [-0.15, -0.1) is 0 Å². The summed E-state index contributed by atoms with van der Waals surface area (Å²) in [5, 5.41) is 6.16. The van der Waals surface area contributed by atoms with Crippen molar-refractivity contribution in [3.63, 3.8) is 0 Å². The molecule has 1 amide bonds. The molecule has 2 aromatic heterocycles. The molecule has 0 spiro atoms. The first-order valence-corrected chi connectivity index (χ1v) is 12.0. The fraction of sp³-hybridized carbons (Fsp3) is 0.296. The molecule has 0 saturated carbocycles. The van der Waals surface area contributed by atoms with Crippen LogP contribution in [0.25, 0.3) is 0 Å². The number of hydrogen-bond donors (Lipinski definition) is 2. The number of nitrogens with one attached hydrogen (secondary N) is 2. The van der Waals surface area contributed by atoms with Crippen molar-refractivity contribution in [2.45, 2.75) is 13.0 Å². The smallest absolute Gasteiger partial charge is 0.349 e. The van der Waals surface area contributed by atoms with E-state index in [2.05, 4.69) is 45.0 Å². The van der Waals surface area contributed by atoms with E-state index in [9.17, 15) is 4.79 Å². The summed E-state index contributed by atoms with van der Waals surface area (Å²) in [6.45, 7) is 7.23. The van der Waals surface area contributed by atoms with Crippen LogP contribution < -0.4 is 24.8 Å². The van der Waals surface area contributed by atoms with Crippen LogP contribution in [0.15, 0.2) is 66.4 Å². The molecule has 3 aromatic rings. The Kier molecular flexibility index (Phi) is 7.78. The van der Waals surface area contributed by atoms with Crippen molar-refractivity contribution in [2.75, 3.05) is 56.9 Å². The van der Waals surface area contributed by atoms with E-state index in [0.717, 1.165) is 30.3 Å². The number of anilines is 4. The van der Waals surface area contributed by atoms with Gasteiger partial charge in [-0.1, -0.05) is 17.6 Å². The molecule has 10 nitrogen and oxygen atoms in total. The average molecular weight is 502 g/mol. The minimum atomic E-state index is -0.305. The molecule has 1 aliphatic heterocycles. The second-order valence-electron chi connectivity index (χ2n) is 9.00. The van der Waals surface area contributed by atoms with E-state index >= 15 is 0 Å². The molecule has 2 N–H and O–H groups in total. The van der Waals surface area contributed by atoms with Crippen molar-refractivity contribution in [3.8, 4) is 5.75 Å². The monoisotopic (exact) mass is 501 g/mol. The van der Waals surface area contributed by atoms with Crippen molar-refractivity contribution >= 4 is 34.8 Å². The van der Waals surface area contributed by atoms with Crippen LogP contribution in [0.2, 0.25) is 0 Å². The van der Waals surface area contributed by atoms with Crippen LogP contribution in [0.1, 0.15) is 24.4 Å². The molecule has 1 aromatic carbocycles. The zero-order chi connectivity index (χ0) is 26.5. The van der Waals surface area contributed by atoms with Gasteiger partial charge in [-0.3, -0.25) is 4.79 Å². The van der Waals surface area contributed by atoms with E-state index in [1.54, 1.807) is 13.3 Å². The van der Waals surface area contributed by atoms with Crippen molar-refractivity contribution in [1.29, 1.82) is 0 Å². The maximum absolute atomic E-state index is 12.2. The average Bonchev–Trinajstić information content (AvgIpc) is 3.24. The molecule has 1 unspecified atom stereocenters. The fourth-order valence-electron chi connectivity index (χ4n) is 4.06. The Bertz CT molecular complexity index is 1340. The highest BCUT2D eigenvalue weighted by atomic mass is 16.5. The normalized spacial score (nSPS) is 14.1. The molecule has 3 heterocycles. The van der Waals surface area contributed by atoms with Crippen LogP contribution in [-0.4, -0.2) is 68.0 Å². The number of amides is 1. The topological polar surface area (TPSA) is 98.9 Å². The molecular weight excluding hydrogens is 468 g/mol. The number of rotatable bonds is 10. The predicted octanol–water partition coefficient (Wildman–Crippen LogP) is 3.01. The number of aromatic nitrogens is 3. The Morgan fingerprint density at radius 1 is 1.19 bits per heavy atom. The van der Waals surface area contributed by atoms with E-state index in [1.807, 2.05) is 62.2 Å². The highest BCUT2D eigenvalue weighted by molar-refractivity contribution is 6.02. The van der Waals surface area contributed by atoms with Gasteiger partial charge in [0.1, 0.15) is 5.75 Å². The summed E-state index contributed by atoms with van der Waals surface area (Å²) < 4.78 is 7.74. The highest BCUT2D eigenvalue weighted by Gasteiger charge is 2.33. The molecule has 192 valence electrons. The lowest BCUT2D eigenvalue weighted by molar-refractivity contribution is -0.558. The third-order valence-electron chi connectivity index (χ3n) is 6.05. The van der Waals surface area contributed by atoms with Crippen LogP contribution in [0.4, 0.5) is 23.0 Å². The first kappa shape index (κ1) is 25.8. The lowest BCUT2D eigenvalue weighted by atomic mass is 10.2. The minimum Gasteiger partial charge on any atom is -0.494 e. The third-order valence-corrected chi connectivity index (χ3v) is 6.05. The number of carbonyl (C=O) groups excluding carboxylic acids is 1. The first-order chi connectivity index (χ1) is 17.8. The predicted molar refractivity (Wildman–Crippen MR) is 146 cm³/mol. The summed E-state index contributed by atoms with van der Waals surface area (Å²) in [6.07, 6.45) is 4.91. The Hall–Kier alpha value is -4.31. The largest absolute Gasteiger partial charge is 0.494 e. The van der Waals surface area contributed by atoms with Crippen LogP contribution >= 0.6 is 0 Å². The Morgan fingerprint density at radius 3 is 2.73 bits per heavy atom. The molecule has 37 heavy (non-hydrogen) atoms. The highest BCUT2D eigenvalue weighted by Crippen LogP contribution is 2.38. The number of methoxy groups -OCH3 is 1. The molecule has 1 aliphatic rings. The number of likely N-dealkylation sites (N-methyl/N-ethyl adjacent to an activating group) is 2. The van der Waals surface area contributed by atoms with Crippen LogP contribution in [0.5, 0.6) is 5.75 Å². The van der Waals surface area contributed by atoms with Gasteiger partial charge in [0.15, 0.2) is 17.4 Å². The third kappa shape index (κ3) is 5.75.